The van der Waals surface area contributed by atoms with Gasteiger partial charge >= 0.3 is 0 Å². The second kappa shape index (κ2) is 7.05. The van der Waals surface area contributed by atoms with E-state index < -0.39 is 8.32 Å². The van der Waals surface area contributed by atoms with Gasteiger partial charge in [0.2, 0.25) is 0 Å². The van der Waals surface area contributed by atoms with Crippen LogP contribution in [0.25, 0.3) is 0 Å². The maximum atomic E-state index is 6.59. The van der Waals surface area contributed by atoms with Gasteiger partial charge in [-0.3, -0.25) is 0 Å². The third kappa shape index (κ3) is 4.77. The number of hydrogen-bond donors (Lipinski definition) is 0. The predicted molar refractivity (Wildman–Crippen MR) is 91.4 cm³/mol. The summed E-state index contributed by atoms with van der Waals surface area (Å²) in [5.74, 6) is 0. The molecular formula is C18H28OSi. The summed E-state index contributed by atoms with van der Waals surface area (Å²) >= 11 is 0. The van der Waals surface area contributed by atoms with Gasteiger partial charge in [-0.1, -0.05) is 75.9 Å². The minimum Gasteiger partial charge on any atom is -0.410 e. The van der Waals surface area contributed by atoms with Gasteiger partial charge in [0.15, 0.2) is 8.32 Å². The number of rotatable bonds is 6. The van der Waals surface area contributed by atoms with E-state index in [9.17, 15) is 0 Å². The molecule has 0 N–H and O–H groups in total. The van der Waals surface area contributed by atoms with E-state index in [-0.39, 0.29) is 11.1 Å². The first-order valence-corrected chi connectivity index (χ1v) is 10.2. The molecule has 0 saturated carbocycles. The van der Waals surface area contributed by atoms with Gasteiger partial charge in [0, 0.05) is 0 Å². The highest BCUT2D eigenvalue weighted by Gasteiger charge is 2.39. The van der Waals surface area contributed by atoms with Crippen molar-refractivity contribution in [1.29, 1.82) is 0 Å². The van der Waals surface area contributed by atoms with Crippen LogP contribution in [0.3, 0.4) is 0 Å². The predicted octanol–water partition coefficient (Wildman–Crippen LogP) is 5.88. The fourth-order valence-corrected chi connectivity index (χ4v) is 3.05. The SMILES string of the molecule is C=C/C=C/C[C@@H](O[Si](C)(C)C(C)(C)C)c1ccccc1. The average Bonchev–Trinajstić information content (AvgIpc) is 2.37. The van der Waals surface area contributed by atoms with Gasteiger partial charge in [-0.15, -0.1) is 0 Å². The van der Waals surface area contributed by atoms with Crippen LogP contribution >= 0.6 is 0 Å². The molecule has 0 radical (unpaired) electrons. The van der Waals surface area contributed by atoms with E-state index in [0.717, 1.165) is 6.42 Å². The van der Waals surface area contributed by atoms with E-state index in [1.807, 2.05) is 18.2 Å². The molecular weight excluding hydrogens is 260 g/mol. The molecule has 0 amide bonds. The van der Waals surface area contributed by atoms with Crippen molar-refractivity contribution in [1.82, 2.24) is 0 Å². The van der Waals surface area contributed by atoms with Crippen LogP contribution in [0.4, 0.5) is 0 Å². The summed E-state index contributed by atoms with van der Waals surface area (Å²) in [5, 5.41) is 0.224. The van der Waals surface area contributed by atoms with Crippen LogP contribution in [-0.2, 0) is 4.43 Å². The largest absolute Gasteiger partial charge is 0.410 e. The Morgan fingerprint density at radius 1 is 1.20 bits per heavy atom. The molecule has 1 nitrogen and oxygen atoms in total. The molecule has 0 bridgehead atoms. The summed E-state index contributed by atoms with van der Waals surface area (Å²) in [6.45, 7) is 15.2. The average molecular weight is 289 g/mol. The lowest BCUT2D eigenvalue weighted by atomic mass is 10.1. The van der Waals surface area contributed by atoms with Crippen molar-refractivity contribution in [3.8, 4) is 0 Å². The lowest BCUT2D eigenvalue weighted by molar-refractivity contribution is 0.186. The van der Waals surface area contributed by atoms with Crippen molar-refractivity contribution in [3.63, 3.8) is 0 Å². The zero-order valence-electron chi connectivity index (χ0n) is 13.5. The maximum absolute atomic E-state index is 6.59. The van der Waals surface area contributed by atoms with Gasteiger partial charge in [0.25, 0.3) is 0 Å². The third-order valence-corrected chi connectivity index (χ3v) is 8.52. The maximum Gasteiger partial charge on any atom is 0.192 e. The quantitative estimate of drug-likeness (QED) is 0.469. The Labute approximate surface area is 125 Å². The van der Waals surface area contributed by atoms with Crippen molar-refractivity contribution in [2.45, 2.75) is 51.4 Å². The Bertz CT molecular complexity index is 440. The molecule has 0 saturated heterocycles. The summed E-state index contributed by atoms with van der Waals surface area (Å²) in [6.07, 6.45) is 6.97. The standard InChI is InChI=1S/C18H28OSi/c1-7-8-10-15-17(16-13-11-9-12-14-16)19-20(5,6)18(2,3)4/h7-14,17H,1,15H2,2-6H3/b10-8+/t17-/m1/s1. The molecule has 20 heavy (non-hydrogen) atoms. The van der Waals surface area contributed by atoms with Gasteiger partial charge in [-0.05, 0) is 30.1 Å². The van der Waals surface area contributed by atoms with Crippen molar-refractivity contribution in [2.75, 3.05) is 0 Å². The molecule has 1 aromatic carbocycles. The van der Waals surface area contributed by atoms with E-state index in [4.69, 9.17) is 4.43 Å². The second-order valence-electron chi connectivity index (χ2n) is 6.68. The lowest BCUT2D eigenvalue weighted by Gasteiger charge is -2.39. The minimum atomic E-state index is -1.77. The Hall–Kier alpha value is -1.12. The Morgan fingerprint density at radius 3 is 2.30 bits per heavy atom. The van der Waals surface area contributed by atoms with Crippen LogP contribution in [-0.4, -0.2) is 8.32 Å². The first kappa shape index (κ1) is 16.9. The first-order valence-electron chi connectivity index (χ1n) is 7.28. The minimum absolute atomic E-state index is 0.133. The van der Waals surface area contributed by atoms with Gasteiger partial charge < -0.3 is 4.43 Å². The summed E-state index contributed by atoms with van der Waals surface area (Å²) < 4.78 is 6.59. The molecule has 0 spiro atoms. The summed E-state index contributed by atoms with van der Waals surface area (Å²) in [5.41, 5.74) is 1.26. The highest BCUT2D eigenvalue weighted by Crippen LogP contribution is 2.40. The summed E-state index contributed by atoms with van der Waals surface area (Å²) in [6, 6.07) is 10.5. The molecule has 1 rings (SSSR count). The van der Waals surface area contributed by atoms with Crippen molar-refractivity contribution < 1.29 is 4.43 Å². The summed E-state index contributed by atoms with van der Waals surface area (Å²) in [7, 11) is -1.77. The van der Waals surface area contributed by atoms with E-state index in [2.05, 4.69) is 70.8 Å². The zero-order chi connectivity index (χ0) is 15.2. The topological polar surface area (TPSA) is 9.23 Å². The summed E-state index contributed by atoms with van der Waals surface area (Å²) in [4.78, 5) is 0. The Balaban J connectivity index is 2.94. The smallest absolute Gasteiger partial charge is 0.192 e. The number of allylic oxidation sites excluding steroid dienone is 2. The number of benzene rings is 1. The van der Waals surface area contributed by atoms with Gasteiger partial charge in [0.1, 0.15) is 0 Å². The fraction of sp³-hybridized carbons (Fsp3) is 0.444. The molecule has 0 aliphatic rings. The molecule has 110 valence electrons. The van der Waals surface area contributed by atoms with Crippen LogP contribution < -0.4 is 0 Å². The molecule has 0 aliphatic heterocycles. The van der Waals surface area contributed by atoms with E-state index in [0.29, 0.717) is 0 Å². The molecule has 1 aromatic rings. The number of hydrogen-bond acceptors (Lipinski definition) is 1. The van der Waals surface area contributed by atoms with Gasteiger partial charge in [-0.2, -0.15) is 0 Å². The molecule has 0 aromatic heterocycles. The zero-order valence-corrected chi connectivity index (χ0v) is 14.5. The first-order chi connectivity index (χ1) is 9.28. The van der Waals surface area contributed by atoms with Crippen LogP contribution in [0.15, 0.2) is 55.1 Å². The van der Waals surface area contributed by atoms with Crippen molar-refractivity contribution in [2.24, 2.45) is 0 Å². The Morgan fingerprint density at radius 2 is 1.80 bits per heavy atom. The normalized spacial score (nSPS) is 14.4. The van der Waals surface area contributed by atoms with Gasteiger partial charge in [0.05, 0.1) is 6.10 Å². The second-order valence-corrected chi connectivity index (χ2v) is 11.4. The van der Waals surface area contributed by atoms with Crippen molar-refractivity contribution >= 4 is 8.32 Å². The van der Waals surface area contributed by atoms with Crippen LogP contribution in [0, 0.1) is 0 Å². The third-order valence-electron chi connectivity index (χ3n) is 4.04. The molecule has 2 heteroatoms. The van der Waals surface area contributed by atoms with E-state index in [1.165, 1.54) is 5.56 Å². The highest BCUT2D eigenvalue weighted by molar-refractivity contribution is 6.74. The molecule has 1 atom stereocenters. The van der Waals surface area contributed by atoms with E-state index >= 15 is 0 Å². The molecule has 0 heterocycles. The lowest BCUT2D eigenvalue weighted by Crippen LogP contribution is -2.41. The molecule has 0 fully saturated rings. The van der Waals surface area contributed by atoms with Crippen LogP contribution in [0.2, 0.25) is 18.1 Å². The van der Waals surface area contributed by atoms with E-state index in [1.54, 1.807) is 0 Å². The monoisotopic (exact) mass is 288 g/mol. The Kier molecular flexibility index (Phi) is 5.97. The van der Waals surface area contributed by atoms with Crippen LogP contribution in [0.5, 0.6) is 0 Å². The van der Waals surface area contributed by atoms with Gasteiger partial charge in [-0.25, -0.2) is 0 Å². The van der Waals surface area contributed by atoms with Crippen molar-refractivity contribution in [3.05, 3.63) is 60.7 Å². The van der Waals surface area contributed by atoms with Crippen LogP contribution in [0.1, 0.15) is 38.9 Å². The highest BCUT2D eigenvalue weighted by atomic mass is 28.4. The fourth-order valence-electron chi connectivity index (χ4n) is 1.75. The molecule has 0 unspecified atom stereocenters. The molecule has 0 aliphatic carbocycles.